The molecule has 0 aliphatic carbocycles. The second kappa shape index (κ2) is 8.59. The lowest BCUT2D eigenvalue weighted by atomic mass is 10.1. The van der Waals surface area contributed by atoms with Crippen molar-refractivity contribution < 1.29 is 9.47 Å². The smallest absolute Gasteiger partial charge is 0.149 e. The molecule has 0 radical (unpaired) electrons. The van der Waals surface area contributed by atoms with E-state index in [4.69, 9.17) is 9.47 Å². The van der Waals surface area contributed by atoms with Crippen LogP contribution >= 0.6 is 0 Å². The molecule has 0 atom stereocenters. The van der Waals surface area contributed by atoms with Crippen molar-refractivity contribution in [3.05, 3.63) is 23.8 Å². The van der Waals surface area contributed by atoms with Gasteiger partial charge < -0.3 is 14.8 Å². The second-order valence-corrected chi connectivity index (χ2v) is 5.94. The van der Waals surface area contributed by atoms with Gasteiger partial charge in [0.15, 0.2) is 0 Å². The first-order chi connectivity index (χ1) is 9.96. The van der Waals surface area contributed by atoms with Crippen LogP contribution in [0.1, 0.15) is 46.6 Å². The molecule has 3 nitrogen and oxygen atoms in total. The Morgan fingerprint density at radius 1 is 1.19 bits per heavy atom. The Morgan fingerprint density at radius 3 is 2.57 bits per heavy atom. The first-order valence-electron chi connectivity index (χ1n) is 7.49. The second-order valence-electron chi connectivity index (χ2n) is 5.94. The van der Waals surface area contributed by atoms with Crippen LogP contribution in [0.3, 0.4) is 0 Å². The van der Waals surface area contributed by atoms with Gasteiger partial charge >= 0.3 is 0 Å². The largest absolute Gasteiger partial charge is 0.493 e. The molecule has 3 heteroatoms. The molecule has 0 saturated carbocycles. The third-order valence-corrected chi connectivity index (χ3v) is 2.80. The molecule has 1 N–H and O–H groups in total. The molecule has 0 saturated heterocycles. The summed E-state index contributed by atoms with van der Waals surface area (Å²) in [6, 6.07) is 6.00. The maximum atomic E-state index is 5.77. The van der Waals surface area contributed by atoms with E-state index in [-0.39, 0.29) is 5.54 Å². The van der Waals surface area contributed by atoms with Crippen LogP contribution in [0, 0.1) is 11.8 Å². The van der Waals surface area contributed by atoms with E-state index >= 15 is 0 Å². The van der Waals surface area contributed by atoms with Gasteiger partial charge in [0.2, 0.25) is 0 Å². The van der Waals surface area contributed by atoms with Crippen LogP contribution in [0.15, 0.2) is 18.2 Å². The molecule has 0 aliphatic heterocycles. The lowest BCUT2D eigenvalue weighted by Gasteiger charge is -2.21. The Morgan fingerprint density at radius 2 is 1.95 bits per heavy atom. The van der Waals surface area contributed by atoms with Crippen molar-refractivity contribution in [2.75, 3.05) is 13.2 Å². The number of rotatable bonds is 7. The van der Waals surface area contributed by atoms with Crippen LogP contribution < -0.4 is 14.8 Å². The minimum absolute atomic E-state index is 0.0673. The van der Waals surface area contributed by atoms with Gasteiger partial charge in [0.1, 0.15) is 18.1 Å². The number of hydrogen-bond acceptors (Lipinski definition) is 3. The maximum Gasteiger partial charge on any atom is 0.149 e. The summed E-state index contributed by atoms with van der Waals surface area (Å²) in [4.78, 5) is 0. The van der Waals surface area contributed by atoms with Gasteiger partial charge in [-0.15, -0.1) is 5.92 Å². The summed E-state index contributed by atoms with van der Waals surface area (Å²) < 4.78 is 11.4. The van der Waals surface area contributed by atoms with Crippen LogP contribution in [0.2, 0.25) is 0 Å². The molecular weight excluding hydrogens is 262 g/mol. The van der Waals surface area contributed by atoms with E-state index in [2.05, 4.69) is 50.9 Å². The maximum absolute atomic E-state index is 5.77. The Balaban J connectivity index is 2.84. The van der Waals surface area contributed by atoms with E-state index in [1.165, 1.54) is 0 Å². The van der Waals surface area contributed by atoms with Crippen LogP contribution in [-0.2, 0) is 6.54 Å². The molecule has 0 unspecified atom stereocenters. The summed E-state index contributed by atoms with van der Waals surface area (Å²) in [7, 11) is 0. The molecule has 1 rings (SSSR count). The van der Waals surface area contributed by atoms with E-state index in [1.807, 2.05) is 19.1 Å². The van der Waals surface area contributed by atoms with Gasteiger partial charge in [-0.2, -0.15) is 0 Å². The average Bonchev–Trinajstić information content (AvgIpc) is 2.43. The molecule has 0 bridgehead atoms. The van der Waals surface area contributed by atoms with E-state index < -0.39 is 0 Å². The van der Waals surface area contributed by atoms with Gasteiger partial charge in [-0.05, 0) is 40.2 Å². The Labute approximate surface area is 129 Å². The lowest BCUT2D eigenvalue weighted by Crippen LogP contribution is -2.35. The topological polar surface area (TPSA) is 30.5 Å². The van der Waals surface area contributed by atoms with Gasteiger partial charge in [-0.3, -0.25) is 0 Å². The summed E-state index contributed by atoms with van der Waals surface area (Å²) in [6.45, 7) is 12.2. The highest BCUT2D eigenvalue weighted by Crippen LogP contribution is 2.25. The molecule has 0 heterocycles. The monoisotopic (exact) mass is 289 g/mol. The molecule has 0 amide bonds. The zero-order valence-corrected chi connectivity index (χ0v) is 13.9. The fourth-order valence-corrected chi connectivity index (χ4v) is 1.67. The third kappa shape index (κ3) is 7.06. The highest BCUT2D eigenvalue weighted by molar-refractivity contribution is 5.41. The molecule has 0 fully saturated rings. The van der Waals surface area contributed by atoms with Crippen molar-refractivity contribution in [2.45, 2.75) is 53.1 Å². The highest BCUT2D eigenvalue weighted by atomic mass is 16.5. The predicted molar refractivity (Wildman–Crippen MR) is 87.8 cm³/mol. The van der Waals surface area contributed by atoms with Gasteiger partial charge in [0.25, 0.3) is 0 Å². The average molecular weight is 289 g/mol. The summed E-state index contributed by atoms with van der Waals surface area (Å²) in [5.41, 5.74) is 1.18. The van der Waals surface area contributed by atoms with Crippen molar-refractivity contribution >= 4 is 0 Å². The van der Waals surface area contributed by atoms with E-state index in [1.54, 1.807) is 0 Å². The van der Waals surface area contributed by atoms with Gasteiger partial charge in [-0.1, -0.05) is 18.9 Å². The molecule has 21 heavy (non-hydrogen) atoms. The van der Waals surface area contributed by atoms with Gasteiger partial charge in [0, 0.05) is 23.7 Å². The highest BCUT2D eigenvalue weighted by Gasteiger charge is 2.12. The molecule has 0 aromatic heterocycles. The Hall–Kier alpha value is -1.66. The molecule has 0 aliphatic rings. The third-order valence-electron chi connectivity index (χ3n) is 2.80. The molecule has 0 spiro atoms. The van der Waals surface area contributed by atoms with Crippen LogP contribution in [0.25, 0.3) is 0 Å². The van der Waals surface area contributed by atoms with E-state index in [9.17, 15) is 0 Å². The quantitative estimate of drug-likeness (QED) is 0.775. The SMILES string of the molecule is CC#CCOc1cc(OCCC)ccc1CNC(C)(C)C. The fraction of sp³-hybridized carbons (Fsp3) is 0.556. The van der Waals surface area contributed by atoms with Crippen LogP contribution in [0.5, 0.6) is 11.5 Å². The van der Waals surface area contributed by atoms with Crippen molar-refractivity contribution in [3.63, 3.8) is 0 Å². The van der Waals surface area contributed by atoms with Gasteiger partial charge in [0.05, 0.1) is 6.61 Å². The van der Waals surface area contributed by atoms with Gasteiger partial charge in [-0.25, -0.2) is 0 Å². The van der Waals surface area contributed by atoms with E-state index in [0.29, 0.717) is 13.2 Å². The first-order valence-corrected chi connectivity index (χ1v) is 7.49. The molecular formula is C18H27NO2. The lowest BCUT2D eigenvalue weighted by molar-refractivity contribution is 0.311. The summed E-state index contributed by atoms with van der Waals surface area (Å²) >= 11 is 0. The van der Waals surface area contributed by atoms with Crippen LogP contribution in [-0.4, -0.2) is 18.8 Å². The number of ether oxygens (including phenoxy) is 2. The Bertz CT molecular complexity index is 492. The minimum Gasteiger partial charge on any atom is -0.493 e. The van der Waals surface area contributed by atoms with Crippen molar-refractivity contribution in [3.8, 4) is 23.3 Å². The summed E-state index contributed by atoms with van der Waals surface area (Å²) in [6.07, 6.45) is 0.991. The molecule has 116 valence electrons. The summed E-state index contributed by atoms with van der Waals surface area (Å²) in [5, 5.41) is 3.47. The normalized spacial score (nSPS) is 10.7. The molecule has 1 aromatic carbocycles. The van der Waals surface area contributed by atoms with Crippen LogP contribution in [0.4, 0.5) is 0 Å². The van der Waals surface area contributed by atoms with Crippen molar-refractivity contribution in [2.24, 2.45) is 0 Å². The Kier molecular flexibility index (Phi) is 7.11. The number of hydrogen-bond donors (Lipinski definition) is 1. The standard InChI is InChI=1S/C18H27NO2/c1-6-8-12-21-17-13-16(20-11-7-2)10-9-15(17)14-19-18(3,4)5/h9-10,13,19H,7,11-12,14H2,1-5H3. The van der Waals surface area contributed by atoms with E-state index in [0.717, 1.165) is 30.0 Å². The van der Waals surface area contributed by atoms with Crippen molar-refractivity contribution in [1.82, 2.24) is 5.32 Å². The number of nitrogens with one attached hydrogen (secondary N) is 1. The fourth-order valence-electron chi connectivity index (χ4n) is 1.67. The zero-order valence-electron chi connectivity index (χ0n) is 13.9. The predicted octanol–water partition coefficient (Wildman–Crippen LogP) is 3.77. The summed E-state index contributed by atoms with van der Waals surface area (Å²) in [5.74, 6) is 7.45. The zero-order chi connectivity index (χ0) is 15.7. The minimum atomic E-state index is 0.0673. The first kappa shape index (κ1) is 17.4. The molecule has 1 aromatic rings. The number of benzene rings is 1. The van der Waals surface area contributed by atoms with Crippen molar-refractivity contribution in [1.29, 1.82) is 0 Å².